The second-order valence-electron chi connectivity index (χ2n) is 5.17. The van der Waals surface area contributed by atoms with Crippen LogP contribution < -0.4 is 10.1 Å². The summed E-state index contributed by atoms with van der Waals surface area (Å²) in [4.78, 5) is 0. The first kappa shape index (κ1) is 14.4. The summed E-state index contributed by atoms with van der Waals surface area (Å²) < 4.78 is 20.2. The molecule has 2 aromatic rings. The molecule has 0 radical (unpaired) electrons. The molecule has 4 heteroatoms. The van der Waals surface area contributed by atoms with Gasteiger partial charge in [0.15, 0.2) is 0 Å². The molecule has 0 amide bonds. The lowest BCUT2D eigenvalue weighted by molar-refractivity contribution is 0.357. The Labute approximate surface area is 132 Å². The Kier molecular flexibility index (Phi) is 4.15. The van der Waals surface area contributed by atoms with Crippen LogP contribution in [-0.2, 0) is 6.42 Å². The van der Waals surface area contributed by atoms with Gasteiger partial charge in [0.2, 0.25) is 0 Å². The third kappa shape index (κ3) is 2.91. The number of hydrogen-bond donors (Lipinski definition) is 1. The van der Waals surface area contributed by atoms with Gasteiger partial charge in [0, 0.05) is 10.9 Å². The molecule has 1 aliphatic heterocycles. The fourth-order valence-corrected chi connectivity index (χ4v) is 3.11. The number of hydrogen-bond acceptors (Lipinski definition) is 2. The second kappa shape index (κ2) is 6.06. The molecule has 1 heterocycles. The summed E-state index contributed by atoms with van der Waals surface area (Å²) in [6.45, 7) is 2.85. The van der Waals surface area contributed by atoms with E-state index in [0.717, 1.165) is 35.2 Å². The van der Waals surface area contributed by atoms with Gasteiger partial charge in [-0.25, -0.2) is 4.39 Å². The quantitative estimate of drug-likeness (QED) is 0.830. The minimum atomic E-state index is -0.243. The van der Waals surface area contributed by atoms with Crippen molar-refractivity contribution in [3.05, 3.63) is 57.8 Å². The van der Waals surface area contributed by atoms with Gasteiger partial charge < -0.3 is 10.1 Å². The fourth-order valence-electron chi connectivity index (χ4n) is 2.65. The van der Waals surface area contributed by atoms with Gasteiger partial charge in [-0.15, -0.1) is 0 Å². The number of ether oxygens (including phenoxy) is 1. The van der Waals surface area contributed by atoms with Gasteiger partial charge in [-0.1, -0.05) is 19.1 Å². The SMILES string of the molecule is CCC(Nc1c(F)cccc1Br)c1ccc2c(c1)CCO2. The van der Waals surface area contributed by atoms with Gasteiger partial charge in [-0.2, -0.15) is 0 Å². The predicted octanol–water partition coefficient (Wildman–Crippen LogP) is 5.09. The van der Waals surface area contributed by atoms with Crippen molar-refractivity contribution in [3.8, 4) is 5.75 Å². The Morgan fingerprint density at radius 2 is 2.19 bits per heavy atom. The minimum Gasteiger partial charge on any atom is -0.493 e. The average Bonchev–Trinajstić information content (AvgIpc) is 2.94. The van der Waals surface area contributed by atoms with Crippen molar-refractivity contribution in [2.75, 3.05) is 11.9 Å². The van der Waals surface area contributed by atoms with Crippen LogP contribution in [0.25, 0.3) is 0 Å². The number of anilines is 1. The molecule has 21 heavy (non-hydrogen) atoms. The molecule has 0 aromatic heterocycles. The van der Waals surface area contributed by atoms with Crippen LogP contribution in [0.4, 0.5) is 10.1 Å². The van der Waals surface area contributed by atoms with E-state index < -0.39 is 0 Å². The number of rotatable bonds is 4. The van der Waals surface area contributed by atoms with Gasteiger partial charge in [0.1, 0.15) is 11.6 Å². The van der Waals surface area contributed by atoms with E-state index in [9.17, 15) is 4.39 Å². The van der Waals surface area contributed by atoms with Crippen molar-refractivity contribution in [1.82, 2.24) is 0 Å². The Morgan fingerprint density at radius 1 is 1.33 bits per heavy atom. The van der Waals surface area contributed by atoms with E-state index >= 15 is 0 Å². The molecular weight excluding hydrogens is 333 g/mol. The van der Waals surface area contributed by atoms with E-state index in [1.807, 2.05) is 12.1 Å². The topological polar surface area (TPSA) is 21.3 Å². The molecule has 1 unspecified atom stereocenters. The lowest BCUT2D eigenvalue weighted by Crippen LogP contribution is -2.11. The summed E-state index contributed by atoms with van der Waals surface area (Å²) in [5.41, 5.74) is 2.92. The summed E-state index contributed by atoms with van der Waals surface area (Å²) in [5, 5.41) is 3.31. The number of para-hydroxylation sites is 1. The van der Waals surface area contributed by atoms with Crippen molar-refractivity contribution in [2.24, 2.45) is 0 Å². The summed E-state index contributed by atoms with van der Waals surface area (Å²) in [5.74, 6) is 0.730. The summed E-state index contributed by atoms with van der Waals surface area (Å²) >= 11 is 3.40. The molecule has 0 aliphatic carbocycles. The molecule has 110 valence electrons. The zero-order valence-electron chi connectivity index (χ0n) is 11.8. The number of nitrogens with one attached hydrogen (secondary N) is 1. The molecule has 0 saturated carbocycles. The molecule has 3 rings (SSSR count). The number of benzene rings is 2. The van der Waals surface area contributed by atoms with Crippen molar-refractivity contribution in [2.45, 2.75) is 25.8 Å². The van der Waals surface area contributed by atoms with E-state index in [1.165, 1.54) is 11.6 Å². The molecule has 0 saturated heterocycles. The van der Waals surface area contributed by atoms with Crippen LogP contribution in [0.15, 0.2) is 40.9 Å². The maximum absolute atomic E-state index is 14.0. The minimum absolute atomic E-state index is 0.0732. The molecule has 0 spiro atoms. The van der Waals surface area contributed by atoms with Crippen molar-refractivity contribution < 1.29 is 9.13 Å². The summed E-state index contributed by atoms with van der Waals surface area (Å²) in [6.07, 6.45) is 1.82. The largest absolute Gasteiger partial charge is 0.493 e. The molecule has 1 aliphatic rings. The summed E-state index contributed by atoms with van der Waals surface area (Å²) in [6, 6.07) is 11.3. The van der Waals surface area contributed by atoms with Crippen molar-refractivity contribution in [3.63, 3.8) is 0 Å². The van der Waals surface area contributed by atoms with Crippen LogP contribution in [0.2, 0.25) is 0 Å². The average molecular weight is 350 g/mol. The van der Waals surface area contributed by atoms with Crippen LogP contribution in [0, 0.1) is 5.82 Å². The monoisotopic (exact) mass is 349 g/mol. The van der Waals surface area contributed by atoms with Gasteiger partial charge in [0.05, 0.1) is 18.3 Å². The van der Waals surface area contributed by atoms with E-state index in [0.29, 0.717) is 5.69 Å². The van der Waals surface area contributed by atoms with Gasteiger partial charge >= 0.3 is 0 Å². The summed E-state index contributed by atoms with van der Waals surface area (Å²) in [7, 11) is 0. The van der Waals surface area contributed by atoms with Crippen molar-refractivity contribution >= 4 is 21.6 Å². The Bertz CT molecular complexity index is 639. The Morgan fingerprint density at radius 3 is 2.95 bits per heavy atom. The zero-order chi connectivity index (χ0) is 14.8. The highest BCUT2D eigenvalue weighted by molar-refractivity contribution is 9.10. The lowest BCUT2D eigenvalue weighted by Gasteiger charge is -2.20. The van der Waals surface area contributed by atoms with Crippen LogP contribution in [-0.4, -0.2) is 6.61 Å². The van der Waals surface area contributed by atoms with Gasteiger partial charge in [-0.05, 0) is 57.7 Å². The fraction of sp³-hybridized carbons (Fsp3) is 0.294. The highest BCUT2D eigenvalue weighted by Crippen LogP contribution is 2.33. The predicted molar refractivity (Wildman–Crippen MR) is 86.4 cm³/mol. The lowest BCUT2D eigenvalue weighted by atomic mass is 10.0. The normalized spacial score (nSPS) is 14.4. The van der Waals surface area contributed by atoms with E-state index in [4.69, 9.17) is 4.74 Å². The molecule has 1 N–H and O–H groups in total. The maximum atomic E-state index is 14.0. The smallest absolute Gasteiger partial charge is 0.147 e. The van der Waals surface area contributed by atoms with E-state index in [2.05, 4.69) is 40.3 Å². The highest BCUT2D eigenvalue weighted by Gasteiger charge is 2.17. The van der Waals surface area contributed by atoms with Crippen LogP contribution >= 0.6 is 15.9 Å². The van der Waals surface area contributed by atoms with Crippen LogP contribution in [0.5, 0.6) is 5.75 Å². The van der Waals surface area contributed by atoms with Gasteiger partial charge in [0.25, 0.3) is 0 Å². The Balaban J connectivity index is 1.89. The zero-order valence-corrected chi connectivity index (χ0v) is 13.4. The van der Waals surface area contributed by atoms with Crippen LogP contribution in [0.3, 0.4) is 0 Å². The molecule has 1 atom stereocenters. The first-order valence-electron chi connectivity index (χ1n) is 7.15. The first-order valence-corrected chi connectivity index (χ1v) is 7.94. The standard InChI is InChI=1S/C17H17BrFNO/c1-2-15(20-17-13(18)4-3-5-14(17)19)11-6-7-16-12(10-11)8-9-21-16/h3-7,10,15,20H,2,8-9H2,1H3. The maximum Gasteiger partial charge on any atom is 0.147 e. The third-order valence-corrected chi connectivity index (χ3v) is 4.47. The molecule has 2 aromatic carbocycles. The highest BCUT2D eigenvalue weighted by atomic mass is 79.9. The van der Waals surface area contributed by atoms with Crippen molar-refractivity contribution in [1.29, 1.82) is 0 Å². The van der Waals surface area contributed by atoms with E-state index in [-0.39, 0.29) is 11.9 Å². The number of fused-ring (bicyclic) bond motifs is 1. The van der Waals surface area contributed by atoms with Gasteiger partial charge in [-0.3, -0.25) is 0 Å². The Hall–Kier alpha value is -1.55. The number of halogens is 2. The van der Waals surface area contributed by atoms with E-state index in [1.54, 1.807) is 6.07 Å². The molecule has 0 fully saturated rings. The van der Waals surface area contributed by atoms with Crippen LogP contribution in [0.1, 0.15) is 30.5 Å². The molecule has 2 nitrogen and oxygen atoms in total. The first-order chi connectivity index (χ1) is 10.2. The third-order valence-electron chi connectivity index (χ3n) is 3.81. The second-order valence-corrected chi connectivity index (χ2v) is 6.02. The molecular formula is C17H17BrFNO. The molecule has 0 bridgehead atoms.